The van der Waals surface area contributed by atoms with Crippen molar-refractivity contribution < 1.29 is 14.3 Å². The van der Waals surface area contributed by atoms with E-state index >= 15 is 0 Å². The van der Waals surface area contributed by atoms with Gasteiger partial charge in [-0.2, -0.15) is 0 Å². The summed E-state index contributed by atoms with van der Waals surface area (Å²) >= 11 is 5.33. The van der Waals surface area contributed by atoms with E-state index in [4.69, 9.17) is 21.7 Å². The van der Waals surface area contributed by atoms with E-state index in [0.29, 0.717) is 17.5 Å². The van der Waals surface area contributed by atoms with Gasteiger partial charge in [-0.05, 0) is 42.4 Å². The smallest absolute Gasteiger partial charge is 0.413 e. The molecule has 0 bridgehead atoms. The average molecular weight is 400 g/mol. The number of hydrogen-bond donors (Lipinski definition) is 2. The summed E-state index contributed by atoms with van der Waals surface area (Å²) < 4.78 is 11.1. The minimum absolute atomic E-state index is 0.132. The minimum Gasteiger partial charge on any atom is -0.466 e. The van der Waals surface area contributed by atoms with Crippen LogP contribution in [0.3, 0.4) is 0 Å². The minimum atomic E-state index is -0.486. The summed E-state index contributed by atoms with van der Waals surface area (Å²) in [5.41, 5.74) is 1.98. The monoisotopic (exact) mass is 399 g/mol. The standard InChI is InChI=1S/C21H25N3O3S/c1-16(18-5-3-2-4-6-18)23-20(25)27-19-9-7-17(8-10-19)15-26-21(28)24-13-11-22-12-14-24/h2-10,16,22H,11-15H2,1H3,(H,23,25). The van der Waals surface area contributed by atoms with Crippen molar-refractivity contribution in [2.45, 2.75) is 19.6 Å². The van der Waals surface area contributed by atoms with E-state index < -0.39 is 6.09 Å². The Morgan fingerprint density at radius 1 is 1.14 bits per heavy atom. The van der Waals surface area contributed by atoms with Crippen LogP contribution < -0.4 is 15.4 Å². The van der Waals surface area contributed by atoms with Crippen molar-refractivity contribution in [3.63, 3.8) is 0 Å². The molecular weight excluding hydrogens is 374 g/mol. The summed E-state index contributed by atoms with van der Waals surface area (Å²) in [4.78, 5) is 14.1. The fourth-order valence-corrected chi connectivity index (χ4v) is 3.12. The van der Waals surface area contributed by atoms with Crippen molar-refractivity contribution in [3.05, 3.63) is 65.7 Å². The van der Waals surface area contributed by atoms with Crippen LogP contribution in [0.4, 0.5) is 4.79 Å². The summed E-state index contributed by atoms with van der Waals surface area (Å²) in [6, 6.07) is 16.8. The Hall–Kier alpha value is -2.64. The second kappa shape index (κ2) is 10.1. The number of thiocarbonyl (C=S) groups is 1. The second-order valence-corrected chi connectivity index (χ2v) is 6.95. The van der Waals surface area contributed by atoms with E-state index in [1.807, 2.05) is 49.4 Å². The highest BCUT2D eigenvalue weighted by molar-refractivity contribution is 7.80. The molecule has 0 spiro atoms. The highest BCUT2D eigenvalue weighted by Crippen LogP contribution is 2.15. The SMILES string of the molecule is CC(NC(=O)Oc1ccc(COC(=S)N2CCNCC2)cc1)c1ccccc1. The first kappa shape index (κ1) is 20.1. The Bertz CT molecular complexity index is 777. The Morgan fingerprint density at radius 3 is 2.50 bits per heavy atom. The van der Waals surface area contributed by atoms with Gasteiger partial charge in [-0.1, -0.05) is 42.5 Å². The topological polar surface area (TPSA) is 62.8 Å². The molecule has 2 aromatic carbocycles. The summed E-state index contributed by atoms with van der Waals surface area (Å²) in [6.07, 6.45) is -0.486. The molecule has 2 N–H and O–H groups in total. The molecule has 0 saturated carbocycles. The van der Waals surface area contributed by atoms with Crippen LogP contribution in [0, 0.1) is 0 Å². The molecule has 148 valence electrons. The highest BCUT2D eigenvalue weighted by atomic mass is 32.1. The average Bonchev–Trinajstić information content (AvgIpc) is 2.74. The third-order valence-electron chi connectivity index (χ3n) is 4.51. The van der Waals surface area contributed by atoms with Crippen LogP contribution in [0.2, 0.25) is 0 Å². The molecule has 1 amide bonds. The molecule has 3 rings (SSSR count). The molecule has 1 saturated heterocycles. The van der Waals surface area contributed by atoms with Crippen LogP contribution in [0.1, 0.15) is 24.1 Å². The van der Waals surface area contributed by atoms with E-state index in [9.17, 15) is 4.79 Å². The van der Waals surface area contributed by atoms with Crippen molar-refractivity contribution in [1.29, 1.82) is 0 Å². The van der Waals surface area contributed by atoms with Gasteiger partial charge >= 0.3 is 6.09 Å². The number of nitrogens with zero attached hydrogens (tertiary/aromatic N) is 1. The maximum atomic E-state index is 12.1. The normalized spacial score (nSPS) is 14.8. The molecule has 1 unspecified atom stereocenters. The van der Waals surface area contributed by atoms with Gasteiger partial charge < -0.3 is 25.0 Å². The van der Waals surface area contributed by atoms with E-state index in [2.05, 4.69) is 15.5 Å². The quantitative estimate of drug-likeness (QED) is 0.753. The molecule has 0 radical (unpaired) electrons. The summed E-state index contributed by atoms with van der Waals surface area (Å²) in [5.74, 6) is 0.478. The van der Waals surface area contributed by atoms with Crippen LogP contribution in [-0.4, -0.2) is 42.3 Å². The molecule has 28 heavy (non-hydrogen) atoms. The number of hydrogen-bond acceptors (Lipinski definition) is 5. The Labute approximate surface area is 170 Å². The van der Waals surface area contributed by atoms with Gasteiger partial charge in [0.1, 0.15) is 12.4 Å². The summed E-state index contributed by atoms with van der Waals surface area (Å²) in [5, 5.41) is 6.63. The van der Waals surface area contributed by atoms with E-state index in [1.54, 1.807) is 12.1 Å². The lowest BCUT2D eigenvalue weighted by molar-refractivity contribution is 0.197. The lowest BCUT2D eigenvalue weighted by Crippen LogP contribution is -2.46. The molecule has 7 heteroatoms. The molecular formula is C21H25N3O3S. The van der Waals surface area contributed by atoms with Crippen molar-refractivity contribution in [2.75, 3.05) is 26.2 Å². The van der Waals surface area contributed by atoms with E-state index in [0.717, 1.165) is 37.3 Å². The van der Waals surface area contributed by atoms with Gasteiger partial charge in [0.2, 0.25) is 0 Å². The van der Waals surface area contributed by atoms with Gasteiger partial charge in [-0.25, -0.2) is 4.79 Å². The van der Waals surface area contributed by atoms with Gasteiger partial charge in [0.05, 0.1) is 6.04 Å². The number of carbonyl (C=O) groups is 1. The maximum Gasteiger partial charge on any atom is 0.413 e. The van der Waals surface area contributed by atoms with Crippen molar-refractivity contribution >= 4 is 23.5 Å². The third-order valence-corrected chi connectivity index (χ3v) is 4.88. The maximum absolute atomic E-state index is 12.1. The van der Waals surface area contributed by atoms with Crippen LogP contribution in [0.15, 0.2) is 54.6 Å². The first-order valence-electron chi connectivity index (χ1n) is 9.36. The van der Waals surface area contributed by atoms with E-state index in [1.165, 1.54) is 0 Å². The molecule has 1 atom stereocenters. The summed E-state index contributed by atoms with van der Waals surface area (Å²) in [6.45, 7) is 5.86. The van der Waals surface area contributed by atoms with Gasteiger partial charge in [0, 0.05) is 26.2 Å². The Kier molecular flexibility index (Phi) is 7.22. The van der Waals surface area contributed by atoms with Crippen molar-refractivity contribution in [2.24, 2.45) is 0 Å². The van der Waals surface area contributed by atoms with Gasteiger partial charge in [0.15, 0.2) is 0 Å². The number of carbonyl (C=O) groups excluding carboxylic acids is 1. The fourth-order valence-electron chi connectivity index (χ4n) is 2.88. The Morgan fingerprint density at radius 2 is 1.82 bits per heavy atom. The Balaban J connectivity index is 1.44. The fraction of sp³-hybridized carbons (Fsp3) is 0.333. The number of benzene rings is 2. The molecule has 1 aliphatic heterocycles. The molecule has 1 aliphatic rings. The molecule has 6 nitrogen and oxygen atoms in total. The largest absolute Gasteiger partial charge is 0.466 e. The van der Waals surface area contributed by atoms with Gasteiger partial charge in [-0.3, -0.25) is 0 Å². The molecule has 1 fully saturated rings. The zero-order valence-electron chi connectivity index (χ0n) is 15.9. The predicted molar refractivity (Wildman–Crippen MR) is 112 cm³/mol. The van der Waals surface area contributed by atoms with E-state index in [-0.39, 0.29) is 6.04 Å². The first-order valence-corrected chi connectivity index (χ1v) is 9.77. The van der Waals surface area contributed by atoms with Gasteiger partial charge in [-0.15, -0.1) is 0 Å². The lowest BCUT2D eigenvalue weighted by atomic mass is 10.1. The number of amides is 1. The summed E-state index contributed by atoms with van der Waals surface area (Å²) in [7, 11) is 0. The second-order valence-electron chi connectivity index (χ2n) is 6.60. The molecule has 0 aromatic heterocycles. The van der Waals surface area contributed by atoms with Crippen LogP contribution in [0.25, 0.3) is 0 Å². The predicted octanol–water partition coefficient (Wildman–Crippen LogP) is 3.24. The van der Waals surface area contributed by atoms with Crippen LogP contribution in [0.5, 0.6) is 5.75 Å². The number of ether oxygens (including phenoxy) is 2. The first-order chi connectivity index (χ1) is 13.6. The highest BCUT2D eigenvalue weighted by Gasteiger charge is 2.14. The zero-order chi connectivity index (χ0) is 19.8. The molecule has 2 aromatic rings. The van der Waals surface area contributed by atoms with Crippen molar-refractivity contribution in [1.82, 2.24) is 15.5 Å². The van der Waals surface area contributed by atoms with Gasteiger partial charge in [0.25, 0.3) is 5.17 Å². The van der Waals surface area contributed by atoms with Crippen LogP contribution in [-0.2, 0) is 11.3 Å². The number of rotatable bonds is 5. The lowest BCUT2D eigenvalue weighted by Gasteiger charge is -2.28. The number of nitrogens with one attached hydrogen (secondary N) is 2. The molecule has 1 heterocycles. The van der Waals surface area contributed by atoms with Crippen molar-refractivity contribution in [3.8, 4) is 5.75 Å². The number of piperazine rings is 1. The third kappa shape index (κ3) is 5.94. The molecule has 0 aliphatic carbocycles. The van der Waals surface area contributed by atoms with Crippen LogP contribution >= 0.6 is 12.2 Å². The zero-order valence-corrected chi connectivity index (χ0v) is 16.7.